The summed E-state index contributed by atoms with van der Waals surface area (Å²) in [4.78, 5) is 50.1. The standard InChI is InChI=1S/C22H19ClN2O6/c1-12(2)31-22(29)13-7-9-15(10-8-13)24-18-17(23)19(26)25(20(18)27)16-6-4-5-14(11-16)21(28)30-3/h4-12,24H,1-3H3. The van der Waals surface area contributed by atoms with Crippen molar-refractivity contribution in [2.45, 2.75) is 20.0 Å². The number of rotatable bonds is 6. The minimum absolute atomic E-state index is 0.118. The Bertz CT molecular complexity index is 1090. The van der Waals surface area contributed by atoms with Gasteiger partial charge in [0, 0.05) is 5.69 Å². The number of benzene rings is 2. The van der Waals surface area contributed by atoms with Crippen LogP contribution in [0.15, 0.2) is 59.3 Å². The predicted octanol–water partition coefficient (Wildman–Crippen LogP) is 3.47. The van der Waals surface area contributed by atoms with E-state index in [0.717, 1.165) is 4.90 Å². The first-order chi connectivity index (χ1) is 14.7. The minimum Gasteiger partial charge on any atom is -0.465 e. The zero-order valence-corrected chi connectivity index (χ0v) is 17.7. The van der Waals surface area contributed by atoms with Gasteiger partial charge < -0.3 is 14.8 Å². The molecule has 9 heteroatoms. The monoisotopic (exact) mass is 442 g/mol. The number of ether oxygens (including phenoxy) is 2. The molecule has 31 heavy (non-hydrogen) atoms. The molecule has 0 radical (unpaired) electrons. The van der Waals surface area contributed by atoms with E-state index in [0.29, 0.717) is 11.3 Å². The summed E-state index contributed by atoms with van der Waals surface area (Å²) in [6, 6.07) is 12.1. The number of carbonyl (C=O) groups is 4. The van der Waals surface area contributed by atoms with Crippen LogP contribution in [0.2, 0.25) is 0 Å². The molecule has 0 bridgehead atoms. The van der Waals surface area contributed by atoms with Crippen LogP contribution in [-0.4, -0.2) is 37.0 Å². The van der Waals surface area contributed by atoms with E-state index < -0.39 is 23.8 Å². The van der Waals surface area contributed by atoms with Crippen LogP contribution in [-0.2, 0) is 19.1 Å². The van der Waals surface area contributed by atoms with Gasteiger partial charge in [-0.3, -0.25) is 9.59 Å². The van der Waals surface area contributed by atoms with E-state index in [2.05, 4.69) is 10.1 Å². The van der Waals surface area contributed by atoms with Crippen LogP contribution in [0.4, 0.5) is 11.4 Å². The molecule has 1 aliphatic rings. The fourth-order valence-electron chi connectivity index (χ4n) is 2.85. The summed E-state index contributed by atoms with van der Waals surface area (Å²) in [6.45, 7) is 3.50. The number of anilines is 2. The molecule has 8 nitrogen and oxygen atoms in total. The summed E-state index contributed by atoms with van der Waals surface area (Å²) in [7, 11) is 1.23. The molecule has 2 aromatic rings. The van der Waals surface area contributed by atoms with E-state index >= 15 is 0 Å². The Morgan fingerprint density at radius 2 is 1.65 bits per heavy atom. The number of hydrogen-bond acceptors (Lipinski definition) is 7. The van der Waals surface area contributed by atoms with Gasteiger partial charge in [-0.05, 0) is 56.3 Å². The van der Waals surface area contributed by atoms with Crippen LogP contribution in [0.25, 0.3) is 0 Å². The molecule has 0 unspecified atom stereocenters. The quantitative estimate of drug-likeness (QED) is 0.539. The van der Waals surface area contributed by atoms with Gasteiger partial charge in [-0.15, -0.1) is 0 Å². The highest BCUT2D eigenvalue weighted by atomic mass is 35.5. The van der Waals surface area contributed by atoms with Crippen molar-refractivity contribution in [2.24, 2.45) is 0 Å². The van der Waals surface area contributed by atoms with Crippen molar-refractivity contribution in [1.82, 2.24) is 0 Å². The van der Waals surface area contributed by atoms with Crippen molar-refractivity contribution >= 4 is 46.7 Å². The Morgan fingerprint density at radius 1 is 0.968 bits per heavy atom. The normalized spacial score (nSPS) is 13.6. The summed E-state index contributed by atoms with van der Waals surface area (Å²) in [5.74, 6) is -2.48. The number of halogens is 1. The van der Waals surface area contributed by atoms with E-state index in [1.54, 1.807) is 26.0 Å². The Balaban J connectivity index is 1.81. The maximum atomic E-state index is 12.9. The lowest BCUT2D eigenvalue weighted by Crippen LogP contribution is -2.32. The van der Waals surface area contributed by atoms with Gasteiger partial charge in [-0.1, -0.05) is 17.7 Å². The van der Waals surface area contributed by atoms with Crippen molar-refractivity contribution in [3.8, 4) is 0 Å². The number of amides is 2. The number of nitrogens with zero attached hydrogens (tertiary/aromatic N) is 1. The van der Waals surface area contributed by atoms with Crippen LogP contribution >= 0.6 is 11.6 Å². The van der Waals surface area contributed by atoms with Crippen molar-refractivity contribution in [1.29, 1.82) is 0 Å². The second-order valence-electron chi connectivity index (χ2n) is 6.83. The fourth-order valence-corrected chi connectivity index (χ4v) is 3.06. The van der Waals surface area contributed by atoms with Gasteiger partial charge >= 0.3 is 11.9 Å². The van der Waals surface area contributed by atoms with Crippen molar-refractivity contribution < 1.29 is 28.7 Å². The molecule has 0 fully saturated rings. The molecule has 0 atom stereocenters. The van der Waals surface area contributed by atoms with Crippen molar-refractivity contribution in [3.63, 3.8) is 0 Å². The molecule has 2 amide bonds. The highest BCUT2D eigenvalue weighted by molar-refractivity contribution is 6.53. The molecule has 1 heterocycles. The highest BCUT2D eigenvalue weighted by Crippen LogP contribution is 2.30. The average molecular weight is 443 g/mol. The lowest BCUT2D eigenvalue weighted by atomic mass is 10.2. The van der Waals surface area contributed by atoms with Crippen LogP contribution in [0.5, 0.6) is 0 Å². The topological polar surface area (TPSA) is 102 Å². The first-order valence-corrected chi connectivity index (χ1v) is 9.65. The maximum absolute atomic E-state index is 12.9. The molecule has 1 aliphatic heterocycles. The molecular weight excluding hydrogens is 424 g/mol. The minimum atomic E-state index is -0.728. The number of imide groups is 1. The predicted molar refractivity (Wildman–Crippen MR) is 114 cm³/mol. The average Bonchev–Trinajstić information content (AvgIpc) is 2.96. The smallest absolute Gasteiger partial charge is 0.338 e. The van der Waals surface area contributed by atoms with E-state index in [4.69, 9.17) is 16.3 Å². The van der Waals surface area contributed by atoms with E-state index in [1.807, 2.05) is 0 Å². The van der Waals surface area contributed by atoms with Gasteiger partial charge in [-0.2, -0.15) is 0 Å². The molecule has 1 N–H and O–H groups in total. The summed E-state index contributed by atoms with van der Waals surface area (Å²) >= 11 is 6.13. The van der Waals surface area contributed by atoms with Gasteiger partial charge in [0.15, 0.2) is 0 Å². The van der Waals surface area contributed by atoms with E-state index in [1.165, 1.54) is 43.5 Å². The molecule has 2 aromatic carbocycles. The maximum Gasteiger partial charge on any atom is 0.338 e. The fraction of sp³-hybridized carbons (Fsp3) is 0.182. The van der Waals surface area contributed by atoms with Crippen LogP contribution in [0.1, 0.15) is 34.6 Å². The van der Waals surface area contributed by atoms with Gasteiger partial charge in [0.05, 0.1) is 30.0 Å². The van der Waals surface area contributed by atoms with Crippen LogP contribution in [0.3, 0.4) is 0 Å². The molecule has 0 aromatic heterocycles. The Kier molecular flexibility index (Phi) is 6.41. The number of nitrogens with one attached hydrogen (secondary N) is 1. The van der Waals surface area contributed by atoms with Gasteiger partial charge in [0.25, 0.3) is 11.8 Å². The Hall–Kier alpha value is -3.65. The van der Waals surface area contributed by atoms with Gasteiger partial charge in [0.1, 0.15) is 10.7 Å². The summed E-state index contributed by atoms with van der Waals surface area (Å²) in [5, 5.41) is 2.52. The molecule has 160 valence electrons. The molecule has 0 aliphatic carbocycles. The van der Waals surface area contributed by atoms with Crippen LogP contribution in [0, 0.1) is 0 Å². The van der Waals surface area contributed by atoms with Crippen molar-refractivity contribution in [2.75, 3.05) is 17.3 Å². The third-order valence-corrected chi connectivity index (χ3v) is 4.64. The number of esters is 2. The third kappa shape index (κ3) is 4.59. The second kappa shape index (κ2) is 9.01. The molecule has 0 saturated carbocycles. The SMILES string of the molecule is COC(=O)c1cccc(N2C(=O)C(Cl)=C(Nc3ccc(C(=O)OC(C)C)cc3)C2=O)c1. The summed E-state index contributed by atoms with van der Waals surface area (Å²) < 4.78 is 9.79. The summed E-state index contributed by atoms with van der Waals surface area (Å²) in [6.07, 6.45) is -0.250. The molecule has 0 spiro atoms. The van der Waals surface area contributed by atoms with Gasteiger partial charge in [0.2, 0.25) is 0 Å². The number of methoxy groups -OCH3 is 1. The van der Waals surface area contributed by atoms with Crippen molar-refractivity contribution in [3.05, 3.63) is 70.4 Å². The molecule has 3 rings (SSSR count). The van der Waals surface area contributed by atoms with E-state index in [-0.39, 0.29) is 28.1 Å². The first kappa shape index (κ1) is 22.0. The largest absolute Gasteiger partial charge is 0.465 e. The highest BCUT2D eigenvalue weighted by Gasteiger charge is 2.39. The zero-order valence-electron chi connectivity index (χ0n) is 17.0. The first-order valence-electron chi connectivity index (χ1n) is 9.28. The lowest BCUT2D eigenvalue weighted by Gasteiger charge is -2.16. The number of carbonyl (C=O) groups excluding carboxylic acids is 4. The Morgan fingerprint density at radius 3 is 2.26 bits per heavy atom. The second-order valence-corrected chi connectivity index (χ2v) is 7.21. The third-order valence-electron chi connectivity index (χ3n) is 4.29. The molecule has 0 saturated heterocycles. The Labute approximate surface area is 183 Å². The zero-order chi connectivity index (χ0) is 22.7. The van der Waals surface area contributed by atoms with E-state index in [9.17, 15) is 19.2 Å². The summed E-state index contributed by atoms with van der Waals surface area (Å²) in [5.41, 5.74) is 1.03. The van der Waals surface area contributed by atoms with Gasteiger partial charge in [-0.25, -0.2) is 14.5 Å². The van der Waals surface area contributed by atoms with Crippen LogP contribution < -0.4 is 10.2 Å². The lowest BCUT2D eigenvalue weighted by molar-refractivity contribution is -0.120. The number of hydrogen-bond donors (Lipinski definition) is 1. The molecular formula is C22H19ClN2O6.